The highest BCUT2D eigenvalue weighted by Crippen LogP contribution is 2.29. The van der Waals surface area contributed by atoms with E-state index in [1.165, 1.54) is 0 Å². The van der Waals surface area contributed by atoms with Crippen LogP contribution in [0.2, 0.25) is 5.02 Å². The van der Waals surface area contributed by atoms with E-state index >= 15 is 0 Å². The minimum atomic E-state index is -0.594. The van der Waals surface area contributed by atoms with Gasteiger partial charge in [0, 0.05) is 36.5 Å². The zero-order valence-electron chi connectivity index (χ0n) is 18.2. The van der Waals surface area contributed by atoms with E-state index < -0.39 is 6.09 Å². The van der Waals surface area contributed by atoms with E-state index in [1.807, 2.05) is 10.6 Å². The van der Waals surface area contributed by atoms with Crippen LogP contribution in [0.25, 0.3) is 16.7 Å². The number of anilines is 2. The molecular weight excluding hydrogens is 448 g/mol. The van der Waals surface area contributed by atoms with Crippen molar-refractivity contribution < 1.29 is 9.53 Å². The highest BCUT2D eigenvalue weighted by atomic mass is 35.5. The van der Waals surface area contributed by atoms with Gasteiger partial charge in [-0.2, -0.15) is 0 Å². The lowest BCUT2D eigenvalue weighted by atomic mass is 10.0. The third kappa shape index (κ3) is 3.99. The van der Waals surface area contributed by atoms with Gasteiger partial charge in [0.15, 0.2) is 5.82 Å². The summed E-state index contributed by atoms with van der Waals surface area (Å²) in [6, 6.07) is 5.49. The standard InChI is InChI=1S/C21H23ClN8O3/c1-12(2)33-21(32)25-19-27-26-18-17(23-7-10-29(18)19)28-8-5-14(6-9-28)30-16-4-3-13(22)11-15(16)24-20(30)31/h3-4,7,10-12,14H,5-6,8-9H2,1-2H3,(H,24,31)(H,25,27,32). The fourth-order valence-corrected chi connectivity index (χ4v) is 4.43. The number of hydrogen-bond donors (Lipinski definition) is 2. The summed E-state index contributed by atoms with van der Waals surface area (Å²) in [7, 11) is 0. The smallest absolute Gasteiger partial charge is 0.414 e. The first-order chi connectivity index (χ1) is 15.9. The molecule has 1 amide bonds. The van der Waals surface area contributed by atoms with Gasteiger partial charge >= 0.3 is 11.8 Å². The van der Waals surface area contributed by atoms with E-state index in [-0.39, 0.29) is 23.8 Å². The number of aromatic amines is 1. The molecule has 1 fully saturated rings. The maximum Gasteiger partial charge on any atom is 0.414 e. The number of nitrogens with zero attached hydrogens (tertiary/aromatic N) is 6. The molecule has 11 nitrogen and oxygen atoms in total. The number of carbonyl (C=O) groups excluding carboxylic acids is 1. The summed E-state index contributed by atoms with van der Waals surface area (Å²) < 4.78 is 8.60. The van der Waals surface area contributed by atoms with Gasteiger partial charge in [-0.25, -0.2) is 14.6 Å². The first-order valence-corrected chi connectivity index (χ1v) is 11.1. The number of ether oxygens (including phenoxy) is 1. The van der Waals surface area contributed by atoms with Crippen LogP contribution in [0.1, 0.15) is 32.7 Å². The SMILES string of the molecule is CC(C)OC(=O)Nc1nnc2c(N3CCC(n4c(=O)[nH]c5cc(Cl)ccc54)CC3)nccn12. The molecule has 4 heterocycles. The number of fused-ring (bicyclic) bond motifs is 2. The summed E-state index contributed by atoms with van der Waals surface area (Å²) in [4.78, 5) is 34.1. The van der Waals surface area contributed by atoms with Crippen molar-refractivity contribution in [2.45, 2.75) is 38.8 Å². The van der Waals surface area contributed by atoms with Gasteiger partial charge in [0.25, 0.3) is 0 Å². The molecule has 0 unspecified atom stereocenters. The second-order valence-electron chi connectivity index (χ2n) is 8.23. The van der Waals surface area contributed by atoms with Gasteiger partial charge in [-0.05, 0) is 44.9 Å². The zero-order valence-corrected chi connectivity index (χ0v) is 18.9. The van der Waals surface area contributed by atoms with E-state index in [1.54, 1.807) is 42.8 Å². The summed E-state index contributed by atoms with van der Waals surface area (Å²) in [5.74, 6) is 0.935. The topological polar surface area (TPSA) is 122 Å². The van der Waals surface area contributed by atoms with Crippen molar-refractivity contribution in [1.82, 2.24) is 29.1 Å². The lowest BCUT2D eigenvalue weighted by Crippen LogP contribution is -2.37. The van der Waals surface area contributed by atoms with E-state index in [2.05, 4.69) is 30.4 Å². The number of aromatic nitrogens is 6. The van der Waals surface area contributed by atoms with Crippen molar-refractivity contribution in [1.29, 1.82) is 0 Å². The molecule has 1 aliphatic rings. The first-order valence-electron chi connectivity index (χ1n) is 10.7. The van der Waals surface area contributed by atoms with Crippen LogP contribution in [0.15, 0.2) is 35.4 Å². The Morgan fingerprint density at radius 1 is 1.27 bits per heavy atom. The first kappa shape index (κ1) is 21.3. The molecule has 33 heavy (non-hydrogen) atoms. The van der Waals surface area contributed by atoms with Crippen LogP contribution in [-0.4, -0.2) is 54.4 Å². The summed E-state index contributed by atoms with van der Waals surface area (Å²) in [5, 5.41) is 11.5. The molecule has 5 rings (SSSR count). The number of carbonyl (C=O) groups is 1. The number of H-pyrrole nitrogens is 1. The van der Waals surface area contributed by atoms with Gasteiger partial charge in [0.05, 0.1) is 17.1 Å². The predicted octanol–water partition coefficient (Wildman–Crippen LogP) is 3.22. The quantitative estimate of drug-likeness (QED) is 0.469. The number of rotatable bonds is 4. The van der Waals surface area contributed by atoms with Crippen LogP contribution >= 0.6 is 11.6 Å². The monoisotopic (exact) mass is 470 g/mol. The van der Waals surface area contributed by atoms with Crippen molar-refractivity contribution >= 4 is 46.1 Å². The molecule has 0 saturated carbocycles. The van der Waals surface area contributed by atoms with Crippen molar-refractivity contribution in [3.8, 4) is 0 Å². The molecule has 4 aromatic rings. The third-order valence-electron chi connectivity index (χ3n) is 5.67. The molecule has 1 aromatic carbocycles. The maximum absolute atomic E-state index is 12.6. The van der Waals surface area contributed by atoms with Crippen LogP contribution in [0.5, 0.6) is 0 Å². The zero-order chi connectivity index (χ0) is 23.1. The molecule has 172 valence electrons. The van der Waals surface area contributed by atoms with Crippen LogP contribution in [-0.2, 0) is 4.74 Å². The Morgan fingerprint density at radius 3 is 2.82 bits per heavy atom. The minimum absolute atomic E-state index is 0.0595. The van der Waals surface area contributed by atoms with Gasteiger partial charge in [0.2, 0.25) is 11.6 Å². The molecule has 1 saturated heterocycles. The number of benzene rings is 1. The molecule has 0 radical (unpaired) electrons. The van der Waals surface area contributed by atoms with Gasteiger partial charge in [0.1, 0.15) is 0 Å². The van der Waals surface area contributed by atoms with Crippen LogP contribution < -0.4 is 15.9 Å². The summed E-state index contributed by atoms with van der Waals surface area (Å²) in [6.07, 6.45) is 4.02. The molecule has 12 heteroatoms. The maximum atomic E-state index is 12.6. The molecule has 0 aliphatic carbocycles. The van der Waals surface area contributed by atoms with Crippen molar-refractivity contribution in [3.63, 3.8) is 0 Å². The summed E-state index contributed by atoms with van der Waals surface area (Å²) in [6.45, 7) is 4.92. The number of imidazole rings is 1. The average Bonchev–Trinajstić information content (AvgIpc) is 3.33. The minimum Gasteiger partial charge on any atom is -0.447 e. The van der Waals surface area contributed by atoms with Crippen LogP contribution in [0, 0.1) is 0 Å². The van der Waals surface area contributed by atoms with Gasteiger partial charge in [-0.15, -0.1) is 10.2 Å². The van der Waals surface area contributed by atoms with Crippen LogP contribution in [0.3, 0.4) is 0 Å². The van der Waals surface area contributed by atoms with E-state index in [4.69, 9.17) is 16.3 Å². The summed E-state index contributed by atoms with van der Waals surface area (Å²) in [5.41, 5.74) is 1.99. The molecule has 0 atom stereocenters. The fraction of sp³-hybridized carbons (Fsp3) is 0.381. The largest absolute Gasteiger partial charge is 0.447 e. The van der Waals surface area contributed by atoms with Crippen LogP contribution in [0.4, 0.5) is 16.6 Å². The molecule has 0 spiro atoms. The summed E-state index contributed by atoms with van der Waals surface area (Å²) >= 11 is 6.06. The Bertz CT molecular complexity index is 1380. The lowest BCUT2D eigenvalue weighted by molar-refractivity contribution is 0.129. The Balaban J connectivity index is 1.35. The van der Waals surface area contributed by atoms with E-state index in [0.29, 0.717) is 29.6 Å². The highest BCUT2D eigenvalue weighted by molar-refractivity contribution is 6.31. The molecule has 1 aliphatic heterocycles. The number of halogens is 1. The molecule has 0 bridgehead atoms. The van der Waals surface area contributed by atoms with Crippen molar-refractivity contribution in [2.75, 3.05) is 23.3 Å². The Labute approximate surface area is 193 Å². The van der Waals surface area contributed by atoms with Gasteiger partial charge < -0.3 is 14.6 Å². The molecule has 2 N–H and O–H groups in total. The fourth-order valence-electron chi connectivity index (χ4n) is 4.26. The second kappa shape index (κ2) is 8.39. The second-order valence-corrected chi connectivity index (χ2v) is 8.66. The number of nitrogens with one attached hydrogen (secondary N) is 2. The Morgan fingerprint density at radius 2 is 2.06 bits per heavy atom. The third-order valence-corrected chi connectivity index (χ3v) is 5.91. The van der Waals surface area contributed by atoms with Gasteiger partial charge in [-0.3, -0.25) is 14.3 Å². The average molecular weight is 471 g/mol. The number of piperidine rings is 1. The number of amides is 1. The van der Waals surface area contributed by atoms with Gasteiger partial charge in [-0.1, -0.05) is 11.6 Å². The Hall–Kier alpha value is -3.60. The number of hydrogen-bond acceptors (Lipinski definition) is 7. The normalized spacial score (nSPS) is 15.0. The highest BCUT2D eigenvalue weighted by Gasteiger charge is 2.26. The lowest BCUT2D eigenvalue weighted by Gasteiger charge is -2.33. The molecular formula is C21H23ClN8O3. The predicted molar refractivity (Wildman–Crippen MR) is 124 cm³/mol. The Kier molecular flexibility index (Phi) is 5.41. The van der Waals surface area contributed by atoms with Crippen molar-refractivity contribution in [3.05, 3.63) is 46.1 Å². The van der Waals surface area contributed by atoms with E-state index in [9.17, 15) is 9.59 Å². The van der Waals surface area contributed by atoms with E-state index in [0.717, 1.165) is 23.9 Å². The molecule has 3 aromatic heterocycles. The van der Waals surface area contributed by atoms with Crippen molar-refractivity contribution in [2.24, 2.45) is 0 Å².